The minimum absolute atomic E-state index is 0. The predicted octanol–water partition coefficient (Wildman–Crippen LogP) is -0.682. The number of hydrogen-bond donors (Lipinski definition) is 4. The van der Waals surface area contributed by atoms with E-state index in [0.717, 1.165) is 12.1 Å². The zero-order chi connectivity index (χ0) is 9.30. The third-order valence-corrected chi connectivity index (χ3v) is 1.32. The van der Waals surface area contributed by atoms with Gasteiger partial charge in [-0.15, -0.1) is 0 Å². The van der Waals surface area contributed by atoms with Crippen LogP contribution in [-0.4, -0.2) is 43.8 Å². The average Bonchev–Trinajstić information content (AvgIpc) is 1.99. The van der Waals surface area contributed by atoms with Crippen molar-refractivity contribution < 1.29 is 60.8 Å². The van der Waals surface area contributed by atoms with Crippen molar-refractivity contribution in [2.24, 2.45) is 0 Å². The van der Waals surface area contributed by atoms with Crippen LogP contribution in [0.3, 0.4) is 0 Å². The summed E-state index contributed by atoms with van der Waals surface area (Å²) in [6, 6.07) is 1.69. The number of phenolic OH excluding ortho intramolecular Hbond substituents is 3. The number of aromatic hydroxyl groups is 3. The Morgan fingerprint density at radius 1 is 1.07 bits per heavy atom. The topological polar surface area (TPSA) is 98.0 Å². The van der Waals surface area contributed by atoms with Gasteiger partial charge >= 0.3 is 5.97 Å². The molecule has 0 bridgehead atoms. The second-order valence-corrected chi connectivity index (χ2v) is 2.17. The van der Waals surface area contributed by atoms with Crippen LogP contribution < -0.4 is 0 Å². The van der Waals surface area contributed by atoms with Gasteiger partial charge in [-0.05, 0) is 12.1 Å². The fourth-order valence-electron chi connectivity index (χ4n) is 0.728. The van der Waals surface area contributed by atoms with E-state index >= 15 is 0 Å². The molecule has 0 heterocycles. The minimum Gasteiger partial charge on any atom is -0.504 e. The van der Waals surface area contributed by atoms with E-state index in [1.807, 2.05) is 0 Å². The van der Waals surface area contributed by atoms with Crippen molar-refractivity contribution >= 4 is 23.3 Å². The second kappa shape index (κ2) is 6.33. The summed E-state index contributed by atoms with van der Waals surface area (Å²) < 4.78 is 0. The van der Waals surface area contributed by atoms with Crippen molar-refractivity contribution in [1.29, 1.82) is 0 Å². The molecule has 0 unspecified atom stereocenters. The molecule has 1 aromatic carbocycles. The molecule has 1 radical (unpaired) electrons. The summed E-state index contributed by atoms with van der Waals surface area (Å²) >= 11 is 0. The number of carboxylic acids is 1. The summed E-state index contributed by atoms with van der Waals surface area (Å²) in [7, 11) is 0. The summed E-state index contributed by atoms with van der Waals surface area (Å²) in [6.45, 7) is 0. The van der Waals surface area contributed by atoms with Crippen LogP contribution in [0.25, 0.3) is 0 Å². The molecule has 0 amide bonds. The molecule has 0 saturated carbocycles. The van der Waals surface area contributed by atoms with Crippen LogP contribution in [0.4, 0.5) is 0 Å². The van der Waals surface area contributed by atoms with Crippen molar-refractivity contribution in [2.45, 2.75) is 0 Å². The summed E-state index contributed by atoms with van der Waals surface area (Å²) in [4.78, 5) is 10.3. The molecule has 0 fully saturated rings. The van der Waals surface area contributed by atoms with Crippen molar-refractivity contribution in [3.63, 3.8) is 0 Å². The van der Waals surface area contributed by atoms with E-state index in [4.69, 9.17) is 20.4 Å². The minimum atomic E-state index is -1.29. The van der Waals surface area contributed by atoms with Crippen LogP contribution in [0.1, 0.15) is 10.4 Å². The molecule has 0 saturated heterocycles. The third-order valence-electron chi connectivity index (χ3n) is 1.32. The van der Waals surface area contributed by atoms with Crippen molar-refractivity contribution in [3.8, 4) is 17.2 Å². The Kier molecular flexibility index (Phi) is 7.35. The standard InChI is InChI=1S/C7H6O5.Al.La.3H/c8-4-1-3(7(11)12)2-5(9)6(4)10;;;;;/h1-2,8-10H,(H,11,12);;;;;. The summed E-state index contributed by atoms with van der Waals surface area (Å²) in [5, 5.41) is 35.0. The second-order valence-electron chi connectivity index (χ2n) is 2.17. The zero-order valence-corrected chi connectivity index (χ0v) is 10.1. The first-order valence-corrected chi connectivity index (χ1v) is 3.00. The van der Waals surface area contributed by atoms with Crippen LogP contribution in [0, 0.1) is 35.6 Å². The predicted molar refractivity (Wildman–Crippen MR) is 48.3 cm³/mol. The molecule has 0 atom stereocenters. The van der Waals surface area contributed by atoms with Crippen LogP contribution in [0.2, 0.25) is 0 Å². The number of aromatic carboxylic acids is 1. The van der Waals surface area contributed by atoms with Crippen molar-refractivity contribution in [3.05, 3.63) is 17.7 Å². The molecule has 7 heteroatoms. The summed E-state index contributed by atoms with van der Waals surface area (Å²) in [6.07, 6.45) is 0. The van der Waals surface area contributed by atoms with Gasteiger partial charge in [0.1, 0.15) is 0 Å². The Balaban J connectivity index is 0. The van der Waals surface area contributed by atoms with Gasteiger partial charge in [-0.25, -0.2) is 4.79 Å². The number of benzene rings is 1. The molecular formula is C7H9AlLaO5. The van der Waals surface area contributed by atoms with Gasteiger partial charge in [0.05, 0.1) is 5.56 Å². The van der Waals surface area contributed by atoms with Gasteiger partial charge in [0.15, 0.2) is 34.6 Å². The molecule has 1 aromatic rings. The van der Waals surface area contributed by atoms with Gasteiger partial charge < -0.3 is 20.4 Å². The average molecular weight is 339 g/mol. The molecule has 0 spiro atoms. The number of carboxylic acid groups (broad SMARTS) is 1. The molecule has 0 aromatic heterocycles. The first kappa shape index (κ1) is 16.3. The maximum atomic E-state index is 10.3. The fourth-order valence-corrected chi connectivity index (χ4v) is 0.728. The molecular weight excluding hydrogens is 330 g/mol. The maximum Gasteiger partial charge on any atom is 0.335 e. The normalized spacial score (nSPS) is 8.29. The van der Waals surface area contributed by atoms with E-state index in [2.05, 4.69) is 0 Å². The van der Waals surface area contributed by atoms with Crippen LogP contribution in [-0.2, 0) is 0 Å². The summed E-state index contributed by atoms with van der Waals surface area (Å²) in [5.41, 5.74) is -0.289. The third kappa shape index (κ3) is 3.52. The maximum absolute atomic E-state index is 10.3. The van der Waals surface area contributed by atoms with Crippen molar-refractivity contribution in [2.75, 3.05) is 0 Å². The Morgan fingerprint density at radius 2 is 1.43 bits per heavy atom. The zero-order valence-electron chi connectivity index (χ0n) is 6.43. The largest absolute Gasteiger partial charge is 0.504 e. The van der Waals surface area contributed by atoms with Gasteiger partial charge in [0.25, 0.3) is 0 Å². The van der Waals surface area contributed by atoms with E-state index in [9.17, 15) is 4.79 Å². The first-order chi connectivity index (χ1) is 5.52. The van der Waals surface area contributed by atoms with Gasteiger partial charge in [-0.2, -0.15) is 0 Å². The smallest absolute Gasteiger partial charge is 0.335 e. The molecule has 5 nitrogen and oxygen atoms in total. The SMILES string of the molecule is O=C(O)c1cc(O)c(O)c(O)c1.[AlH3].[La]. The quantitative estimate of drug-likeness (QED) is 0.402. The molecule has 4 N–H and O–H groups in total. The van der Waals surface area contributed by atoms with Gasteiger partial charge in [-0.1, -0.05) is 0 Å². The van der Waals surface area contributed by atoms with Gasteiger partial charge in [0.2, 0.25) is 0 Å². The number of phenols is 3. The van der Waals surface area contributed by atoms with E-state index in [-0.39, 0.29) is 58.5 Å². The Bertz CT molecular complexity index is 318. The van der Waals surface area contributed by atoms with E-state index < -0.39 is 23.2 Å². The number of rotatable bonds is 1. The van der Waals surface area contributed by atoms with Crippen molar-refractivity contribution in [1.82, 2.24) is 0 Å². The van der Waals surface area contributed by atoms with Crippen LogP contribution in [0.15, 0.2) is 12.1 Å². The number of hydrogen-bond acceptors (Lipinski definition) is 4. The van der Waals surface area contributed by atoms with E-state index in [0.29, 0.717) is 0 Å². The first-order valence-electron chi connectivity index (χ1n) is 3.00. The molecule has 0 aliphatic carbocycles. The van der Waals surface area contributed by atoms with Gasteiger partial charge in [-0.3, -0.25) is 0 Å². The van der Waals surface area contributed by atoms with Crippen LogP contribution in [0.5, 0.6) is 17.2 Å². The van der Waals surface area contributed by atoms with E-state index in [1.54, 1.807) is 0 Å². The Morgan fingerprint density at radius 3 is 1.71 bits per heavy atom. The molecule has 1 rings (SSSR count). The Hall–Kier alpha value is -0.183. The molecule has 0 aliphatic heterocycles. The Labute approximate surface area is 118 Å². The summed E-state index contributed by atoms with van der Waals surface area (Å²) in [5.74, 6) is -3.33. The number of carbonyl (C=O) groups is 1. The van der Waals surface area contributed by atoms with Gasteiger partial charge in [0, 0.05) is 35.6 Å². The van der Waals surface area contributed by atoms with E-state index in [1.165, 1.54) is 0 Å². The molecule has 0 aliphatic rings. The fraction of sp³-hybridized carbons (Fsp3) is 0. The monoisotopic (exact) mass is 339 g/mol. The molecule has 73 valence electrons. The van der Waals surface area contributed by atoms with Crippen LogP contribution >= 0.6 is 0 Å². The molecule has 14 heavy (non-hydrogen) atoms.